The summed E-state index contributed by atoms with van der Waals surface area (Å²) in [7, 11) is 0. The molecule has 0 bridgehead atoms. The van der Waals surface area contributed by atoms with Crippen LogP contribution in [0.25, 0.3) is 0 Å². The molecule has 1 aliphatic rings. The largest absolute Gasteiger partial charge is 0.381 e. The molecular formula is C15H28N2. The maximum absolute atomic E-state index is 3.57. The SMILES string of the molecule is C/C=C\C1=C(/C=C\C)N[C@@H](C(C)C)CN1.CC. The Bertz CT molecular complexity index is 285. The van der Waals surface area contributed by atoms with E-state index in [1.807, 2.05) is 27.7 Å². The van der Waals surface area contributed by atoms with Crippen molar-refractivity contribution >= 4 is 0 Å². The van der Waals surface area contributed by atoms with Crippen molar-refractivity contribution in [2.24, 2.45) is 5.92 Å². The summed E-state index contributed by atoms with van der Waals surface area (Å²) in [6.07, 6.45) is 8.36. The number of hydrogen-bond acceptors (Lipinski definition) is 2. The van der Waals surface area contributed by atoms with Crippen LogP contribution in [-0.4, -0.2) is 12.6 Å². The predicted octanol–water partition coefficient (Wildman–Crippen LogP) is 3.59. The minimum Gasteiger partial charge on any atom is -0.381 e. The smallest absolute Gasteiger partial charge is 0.0575 e. The third-order valence-electron chi connectivity index (χ3n) is 2.61. The summed E-state index contributed by atoms with van der Waals surface area (Å²) in [6, 6.07) is 0.519. The lowest BCUT2D eigenvalue weighted by Gasteiger charge is -2.31. The lowest BCUT2D eigenvalue weighted by Crippen LogP contribution is -2.46. The van der Waals surface area contributed by atoms with E-state index in [0.29, 0.717) is 12.0 Å². The molecule has 0 aliphatic carbocycles. The molecule has 2 nitrogen and oxygen atoms in total. The van der Waals surface area contributed by atoms with Crippen molar-refractivity contribution in [2.75, 3.05) is 6.54 Å². The van der Waals surface area contributed by atoms with Gasteiger partial charge in [-0.3, -0.25) is 0 Å². The van der Waals surface area contributed by atoms with Crippen LogP contribution in [0.2, 0.25) is 0 Å². The lowest BCUT2D eigenvalue weighted by molar-refractivity contribution is 0.402. The molecule has 0 spiro atoms. The van der Waals surface area contributed by atoms with Crippen LogP contribution < -0.4 is 10.6 Å². The van der Waals surface area contributed by atoms with Crippen LogP contribution in [0.4, 0.5) is 0 Å². The quantitative estimate of drug-likeness (QED) is 0.782. The van der Waals surface area contributed by atoms with E-state index in [1.54, 1.807) is 0 Å². The Morgan fingerprint density at radius 2 is 1.59 bits per heavy atom. The highest BCUT2D eigenvalue weighted by molar-refractivity contribution is 5.33. The molecule has 1 rings (SSSR count). The molecular weight excluding hydrogens is 208 g/mol. The van der Waals surface area contributed by atoms with E-state index < -0.39 is 0 Å². The van der Waals surface area contributed by atoms with Crippen molar-refractivity contribution in [3.05, 3.63) is 35.7 Å². The first-order valence-corrected chi connectivity index (χ1v) is 6.69. The second-order valence-corrected chi connectivity index (χ2v) is 4.20. The zero-order valence-electron chi connectivity index (χ0n) is 12.2. The predicted molar refractivity (Wildman–Crippen MR) is 77.8 cm³/mol. The van der Waals surface area contributed by atoms with Gasteiger partial charge in [0.15, 0.2) is 0 Å². The molecule has 0 aromatic heterocycles. The molecule has 1 aliphatic heterocycles. The van der Waals surface area contributed by atoms with E-state index in [0.717, 1.165) is 6.54 Å². The molecule has 0 fully saturated rings. The van der Waals surface area contributed by atoms with Crippen LogP contribution in [0.15, 0.2) is 35.7 Å². The van der Waals surface area contributed by atoms with Gasteiger partial charge in [-0.15, -0.1) is 0 Å². The summed E-state index contributed by atoms with van der Waals surface area (Å²) in [5, 5.41) is 7.03. The number of hydrogen-bond donors (Lipinski definition) is 2. The third kappa shape index (κ3) is 5.12. The number of nitrogens with one attached hydrogen (secondary N) is 2. The third-order valence-corrected chi connectivity index (χ3v) is 2.61. The standard InChI is InChI=1S/C13H22N2.C2H6/c1-5-7-11-12(8-6-2)15-13(9-14-11)10(3)4;1-2/h5-8,10,13-15H,9H2,1-4H3;1-2H3/b7-5-,8-6-;/t13-;/m1./s1. The van der Waals surface area contributed by atoms with E-state index in [9.17, 15) is 0 Å². The van der Waals surface area contributed by atoms with E-state index in [2.05, 4.69) is 48.8 Å². The van der Waals surface area contributed by atoms with Gasteiger partial charge in [0.2, 0.25) is 0 Å². The molecule has 1 heterocycles. The minimum atomic E-state index is 0.519. The molecule has 0 aromatic carbocycles. The molecule has 0 saturated heterocycles. The molecule has 0 amide bonds. The van der Waals surface area contributed by atoms with Crippen molar-refractivity contribution in [1.29, 1.82) is 0 Å². The summed E-state index contributed by atoms with van der Waals surface area (Å²) in [5.74, 6) is 0.643. The first kappa shape index (κ1) is 15.8. The summed E-state index contributed by atoms with van der Waals surface area (Å²) in [4.78, 5) is 0. The van der Waals surface area contributed by atoms with E-state index in [-0.39, 0.29) is 0 Å². The Morgan fingerprint density at radius 3 is 2.06 bits per heavy atom. The fraction of sp³-hybridized carbons (Fsp3) is 0.600. The molecule has 0 radical (unpaired) electrons. The molecule has 2 N–H and O–H groups in total. The summed E-state index contributed by atoms with van der Waals surface area (Å²) in [5.41, 5.74) is 2.38. The van der Waals surface area contributed by atoms with E-state index in [1.165, 1.54) is 11.4 Å². The highest BCUT2D eigenvalue weighted by Crippen LogP contribution is 2.13. The van der Waals surface area contributed by atoms with Gasteiger partial charge in [0.05, 0.1) is 11.4 Å². The number of rotatable bonds is 3. The van der Waals surface area contributed by atoms with Crippen LogP contribution >= 0.6 is 0 Å². The fourth-order valence-corrected chi connectivity index (χ4v) is 1.67. The Hall–Kier alpha value is -1.18. The second kappa shape index (κ2) is 8.91. The fourth-order valence-electron chi connectivity index (χ4n) is 1.67. The molecule has 17 heavy (non-hydrogen) atoms. The second-order valence-electron chi connectivity index (χ2n) is 4.20. The van der Waals surface area contributed by atoms with E-state index in [4.69, 9.17) is 0 Å². The van der Waals surface area contributed by atoms with Gasteiger partial charge in [-0.2, -0.15) is 0 Å². The maximum Gasteiger partial charge on any atom is 0.0575 e. The van der Waals surface area contributed by atoms with Crippen LogP contribution in [0, 0.1) is 5.92 Å². The molecule has 98 valence electrons. The zero-order valence-corrected chi connectivity index (χ0v) is 12.2. The van der Waals surface area contributed by atoms with Crippen molar-refractivity contribution in [3.63, 3.8) is 0 Å². The topological polar surface area (TPSA) is 24.1 Å². The Kier molecular flexibility index (Phi) is 8.29. The first-order chi connectivity index (χ1) is 8.19. The van der Waals surface area contributed by atoms with Crippen molar-refractivity contribution in [1.82, 2.24) is 10.6 Å². The van der Waals surface area contributed by atoms with Gasteiger partial charge in [0, 0.05) is 12.6 Å². The van der Waals surface area contributed by atoms with Gasteiger partial charge in [-0.25, -0.2) is 0 Å². The highest BCUT2D eigenvalue weighted by Gasteiger charge is 2.19. The Morgan fingerprint density at radius 1 is 1.06 bits per heavy atom. The van der Waals surface area contributed by atoms with Crippen molar-refractivity contribution in [2.45, 2.75) is 47.6 Å². The van der Waals surface area contributed by atoms with Gasteiger partial charge in [0.25, 0.3) is 0 Å². The van der Waals surface area contributed by atoms with Crippen LogP contribution in [0.3, 0.4) is 0 Å². The zero-order chi connectivity index (χ0) is 13.3. The maximum atomic E-state index is 3.57. The van der Waals surface area contributed by atoms with Crippen LogP contribution in [-0.2, 0) is 0 Å². The monoisotopic (exact) mass is 236 g/mol. The van der Waals surface area contributed by atoms with Gasteiger partial charge in [-0.1, -0.05) is 39.8 Å². The van der Waals surface area contributed by atoms with E-state index >= 15 is 0 Å². The van der Waals surface area contributed by atoms with Crippen molar-refractivity contribution < 1.29 is 0 Å². The minimum absolute atomic E-state index is 0.519. The van der Waals surface area contributed by atoms with Crippen LogP contribution in [0.1, 0.15) is 41.5 Å². The molecule has 0 unspecified atom stereocenters. The lowest BCUT2D eigenvalue weighted by atomic mass is 10.0. The normalized spacial score (nSPS) is 20.3. The van der Waals surface area contributed by atoms with Gasteiger partial charge in [0.1, 0.15) is 0 Å². The molecule has 1 atom stereocenters. The average Bonchev–Trinajstić information content (AvgIpc) is 2.34. The molecule has 0 aromatic rings. The van der Waals surface area contributed by atoms with Gasteiger partial charge >= 0.3 is 0 Å². The summed E-state index contributed by atoms with van der Waals surface area (Å²) >= 11 is 0. The Labute approximate surface area is 107 Å². The summed E-state index contributed by atoms with van der Waals surface area (Å²) in [6.45, 7) is 13.6. The Balaban J connectivity index is 0.00000121. The molecule has 2 heteroatoms. The molecule has 0 saturated carbocycles. The first-order valence-electron chi connectivity index (χ1n) is 6.69. The van der Waals surface area contributed by atoms with Crippen molar-refractivity contribution in [3.8, 4) is 0 Å². The number of allylic oxidation sites excluding steroid dienone is 4. The summed E-state index contributed by atoms with van der Waals surface area (Å²) < 4.78 is 0. The van der Waals surface area contributed by atoms with Gasteiger partial charge < -0.3 is 10.6 Å². The van der Waals surface area contributed by atoms with Crippen LogP contribution in [0.5, 0.6) is 0 Å². The highest BCUT2D eigenvalue weighted by atomic mass is 15.1. The van der Waals surface area contributed by atoms with Gasteiger partial charge in [-0.05, 0) is 31.9 Å². The average molecular weight is 236 g/mol.